The number of piperazine rings is 1. The summed E-state index contributed by atoms with van der Waals surface area (Å²) in [6.07, 6.45) is 1.05. The third-order valence-electron chi connectivity index (χ3n) is 8.69. The van der Waals surface area contributed by atoms with Crippen molar-refractivity contribution in [3.8, 4) is 0 Å². The molecule has 2 heterocycles. The summed E-state index contributed by atoms with van der Waals surface area (Å²) in [5.41, 5.74) is 1.53. The first-order valence-electron chi connectivity index (χ1n) is 12.2. The van der Waals surface area contributed by atoms with Gasteiger partial charge in [0.05, 0.1) is 11.5 Å². The second-order valence-corrected chi connectivity index (χ2v) is 10.7. The predicted octanol–water partition coefficient (Wildman–Crippen LogP) is 5.14. The molecule has 2 saturated heterocycles. The topological polar surface area (TPSA) is 32.8 Å². The highest BCUT2D eigenvalue weighted by molar-refractivity contribution is 5.75. The van der Waals surface area contributed by atoms with Crippen LogP contribution in [0.4, 0.5) is 18.9 Å². The average molecular weight is 463 g/mol. The molecular weight excluding hydrogens is 429 g/mol. The lowest BCUT2D eigenvalue weighted by molar-refractivity contribution is -0.146. The normalized spacial score (nSPS) is 35.2. The molecule has 4 aliphatic rings. The number of fused-ring (bicyclic) bond motifs is 2. The van der Waals surface area contributed by atoms with E-state index in [2.05, 4.69) is 18.4 Å². The van der Waals surface area contributed by atoms with Gasteiger partial charge in [-0.15, -0.1) is 0 Å². The molecule has 2 saturated carbocycles. The number of carbonyl (C=O) groups is 1. The van der Waals surface area contributed by atoms with Crippen LogP contribution in [0, 0.1) is 23.2 Å². The molecular formula is C26H33F3N2O2. The van der Waals surface area contributed by atoms with Crippen molar-refractivity contribution in [3.63, 3.8) is 0 Å². The minimum absolute atomic E-state index is 0.0149. The lowest BCUT2D eigenvalue weighted by atomic mass is 9.55. The number of allylic oxidation sites excluding steroid dienone is 1. The van der Waals surface area contributed by atoms with Crippen molar-refractivity contribution in [1.82, 2.24) is 4.90 Å². The van der Waals surface area contributed by atoms with Crippen molar-refractivity contribution < 1.29 is 22.7 Å². The van der Waals surface area contributed by atoms with E-state index in [9.17, 15) is 18.0 Å². The van der Waals surface area contributed by atoms with E-state index in [1.807, 2.05) is 4.90 Å². The number of alkyl halides is 3. The molecule has 1 aromatic carbocycles. The molecule has 2 aliphatic carbocycles. The van der Waals surface area contributed by atoms with Crippen molar-refractivity contribution in [2.75, 3.05) is 37.6 Å². The van der Waals surface area contributed by atoms with Gasteiger partial charge in [0.15, 0.2) is 0 Å². The zero-order chi connectivity index (χ0) is 23.4. The molecule has 0 aromatic heterocycles. The third kappa shape index (κ3) is 4.29. The number of benzene rings is 1. The molecule has 0 N–H and O–H groups in total. The van der Waals surface area contributed by atoms with Gasteiger partial charge in [-0.25, -0.2) is 0 Å². The van der Waals surface area contributed by atoms with Gasteiger partial charge in [0, 0.05) is 44.3 Å². The molecule has 2 aliphatic heterocycles. The van der Waals surface area contributed by atoms with E-state index in [4.69, 9.17) is 4.74 Å². The number of anilines is 1. The van der Waals surface area contributed by atoms with Crippen molar-refractivity contribution in [2.24, 2.45) is 23.2 Å². The number of rotatable bonds is 3. The van der Waals surface area contributed by atoms with Crippen LogP contribution in [0.15, 0.2) is 36.4 Å². The van der Waals surface area contributed by atoms with E-state index in [1.54, 1.807) is 6.07 Å². The molecule has 5 rings (SSSR count). The Bertz CT molecular complexity index is 924. The number of hydrogen-bond donors (Lipinski definition) is 0. The fourth-order valence-electron chi connectivity index (χ4n) is 6.81. The molecule has 4 fully saturated rings. The zero-order valence-electron chi connectivity index (χ0n) is 19.2. The Morgan fingerprint density at radius 2 is 1.97 bits per heavy atom. The number of hydrogen-bond acceptors (Lipinski definition) is 4. The number of nitrogens with zero attached hydrogens (tertiary/aromatic N) is 2. The van der Waals surface area contributed by atoms with E-state index < -0.39 is 11.7 Å². The molecule has 180 valence electrons. The fourth-order valence-corrected chi connectivity index (χ4v) is 6.81. The molecule has 7 heteroatoms. The minimum Gasteiger partial charge on any atom is -0.462 e. The SMILES string of the molecule is C=C1CCC[C@]2(C)C[C@H]3OC(=O)[C@@H](CN4CCN(c5cccc(C(F)(F)F)c5)CC4)[C@H]3C[C@H]12. The molecule has 5 atom stereocenters. The lowest BCUT2D eigenvalue weighted by Gasteiger charge is -2.50. The monoisotopic (exact) mass is 462 g/mol. The van der Waals surface area contributed by atoms with Crippen LogP contribution in [0.5, 0.6) is 0 Å². The number of esters is 1. The van der Waals surface area contributed by atoms with Crippen molar-refractivity contribution in [2.45, 2.75) is 51.3 Å². The Balaban J connectivity index is 1.21. The van der Waals surface area contributed by atoms with E-state index in [0.29, 0.717) is 31.2 Å². The maximum atomic E-state index is 13.1. The second-order valence-electron chi connectivity index (χ2n) is 10.7. The van der Waals surface area contributed by atoms with E-state index in [1.165, 1.54) is 30.5 Å². The van der Waals surface area contributed by atoms with Gasteiger partial charge in [0.2, 0.25) is 0 Å². The Morgan fingerprint density at radius 3 is 2.70 bits per heavy atom. The van der Waals surface area contributed by atoms with Gasteiger partial charge in [-0.2, -0.15) is 13.2 Å². The predicted molar refractivity (Wildman–Crippen MR) is 121 cm³/mol. The molecule has 0 unspecified atom stereocenters. The molecule has 1 aromatic rings. The smallest absolute Gasteiger partial charge is 0.416 e. The summed E-state index contributed by atoms with van der Waals surface area (Å²) in [6, 6.07) is 5.54. The molecule has 0 amide bonds. The molecule has 33 heavy (non-hydrogen) atoms. The van der Waals surface area contributed by atoms with Gasteiger partial charge in [0.25, 0.3) is 0 Å². The number of ether oxygens (including phenoxy) is 1. The van der Waals surface area contributed by atoms with Gasteiger partial charge >= 0.3 is 12.1 Å². The van der Waals surface area contributed by atoms with E-state index >= 15 is 0 Å². The summed E-state index contributed by atoms with van der Waals surface area (Å²) in [5, 5.41) is 0. The molecule has 4 nitrogen and oxygen atoms in total. The Labute approximate surface area is 193 Å². The first kappa shape index (κ1) is 22.8. The zero-order valence-corrected chi connectivity index (χ0v) is 19.2. The summed E-state index contributed by atoms with van der Waals surface area (Å²) >= 11 is 0. The van der Waals surface area contributed by atoms with Crippen LogP contribution in [0.1, 0.15) is 44.6 Å². The van der Waals surface area contributed by atoms with E-state index in [0.717, 1.165) is 38.4 Å². The number of carbonyl (C=O) groups excluding carboxylic acids is 1. The largest absolute Gasteiger partial charge is 0.462 e. The first-order valence-corrected chi connectivity index (χ1v) is 12.2. The van der Waals surface area contributed by atoms with Crippen LogP contribution in [-0.4, -0.2) is 49.7 Å². The highest BCUT2D eigenvalue weighted by Crippen LogP contribution is 2.57. The summed E-state index contributed by atoms with van der Waals surface area (Å²) < 4.78 is 45.1. The first-order chi connectivity index (χ1) is 15.6. The van der Waals surface area contributed by atoms with Gasteiger partial charge in [-0.1, -0.05) is 25.1 Å². The van der Waals surface area contributed by atoms with Crippen molar-refractivity contribution in [1.29, 1.82) is 0 Å². The van der Waals surface area contributed by atoms with Crippen molar-refractivity contribution in [3.05, 3.63) is 42.0 Å². The summed E-state index contributed by atoms with van der Waals surface area (Å²) in [5.74, 6) is 0.529. The van der Waals surface area contributed by atoms with Crippen LogP contribution in [0.2, 0.25) is 0 Å². The maximum Gasteiger partial charge on any atom is 0.416 e. The molecule has 0 radical (unpaired) electrons. The second kappa shape index (κ2) is 8.33. The maximum absolute atomic E-state index is 13.1. The number of halogens is 3. The van der Waals surface area contributed by atoms with Crippen LogP contribution < -0.4 is 4.90 Å². The van der Waals surface area contributed by atoms with Crippen LogP contribution >= 0.6 is 0 Å². The highest BCUT2D eigenvalue weighted by Gasteiger charge is 2.55. The van der Waals surface area contributed by atoms with Crippen LogP contribution in [0.3, 0.4) is 0 Å². The van der Waals surface area contributed by atoms with Gasteiger partial charge in [-0.3, -0.25) is 9.69 Å². The third-order valence-corrected chi connectivity index (χ3v) is 8.69. The Kier molecular flexibility index (Phi) is 5.74. The summed E-state index contributed by atoms with van der Waals surface area (Å²) in [6.45, 7) is 10.1. The molecule has 0 bridgehead atoms. The lowest BCUT2D eigenvalue weighted by Crippen LogP contribution is -2.50. The quantitative estimate of drug-likeness (QED) is 0.460. The van der Waals surface area contributed by atoms with Gasteiger partial charge < -0.3 is 9.64 Å². The minimum atomic E-state index is -4.34. The Morgan fingerprint density at radius 1 is 1.21 bits per heavy atom. The highest BCUT2D eigenvalue weighted by atomic mass is 19.4. The molecule has 0 spiro atoms. The van der Waals surface area contributed by atoms with Gasteiger partial charge in [0.1, 0.15) is 6.10 Å². The standard InChI is InChI=1S/C26H33F3N2O2/c1-17-5-4-8-25(2)15-23-20(14-22(17)25)21(24(32)33-23)16-30-9-11-31(12-10-30)19-7-3-6-18(13-19)26(27,28)29/h3,6-7,13,20-23H,1,4-5,8-12,14-16H2,2H3/t20-,21+,22-,23-,25-/m1/s1. The van der Waals surface area contributed by atoms with Crippen LogP contribution in [0.25, 0.3) is 0 Å². The van der Waals surface area contributed by atoms with E-state index in [-0.39, 0.29) is 29.3 Å². The van der Waals surface area contributed by atoms with Crippen molar-refractivity contribution >= 4 is 11.7 Å². The summed E-state index contributed by atoms with van der Waals surface area (Å²) in [7, 11) is 0. The average Bonchev–Trinajstić information content (AvgIpc) is 3.06. The van der Waals surface area contributed by atoms with Gasteiger partial charge in [-0.05, 0) is 61.6 Å². The fraction of sp³-hybridized carbons (Fsp3) is 0.654. The Hall–Kier alpha value is -2.02. The van der Waals surface area contributed by atoms with Crippen LogP contribution in [-0.2, 0) is 15.7 Å². The summed E-state index contributed by atoms with van der Waals surface area (Å²) in [4.78, 5) is 17.1.